The van der Waals surface area contributed by atoms with E-state index >= 15 is 0 Å². The fraction of sp³-hybridized carbons (Fsp3) is 0.538. The maximum Gasteiger partial charge on any atom is 0.120 e. The quantitative estimate of drug-likeness (QED) is 0.696. The van der Waals surface area contributed by atoms with E-state index in [9.17, 15) is 5.11 Å². The summed E-state index contributed by atoms with van der Waals surface area (Å²) in [6.07, 6.45) is 2.17. The van der Waals surface area contributed by atoms with E-state index in [1.54, 1.807) is 13.2 Å². The Labute approximate surface area is 97.4 Å². The average Bonchev–Trinajstić information content (AvgIpc) is 2.28. The van der Waals surface area contributed by atoms with Gasteiger partial charge in [-0.1, -0.05) is 17.7 Å². The number of nitrogens with one attached hydrogen (secondary N) is 1. The third-order valence-electron chi connectivity index (χ3n) is 2.50. The van der Waals surface area contributed by atoms with E-state index in [4.69, 9.17) is 4.74 Å². The van der Waals surface area contributed by atoms with Crippen molar-refractivity contribution >= 4 is 0 Å². The molecule has 2 N–H and O–H groups in total. The number of methoxy groups -OCH3 is 1. The lowest BCUT2D eigenvalue weighted by Gasteiger charge is -2.07. The van der Waals surface area contributed by atoms with Crippen LogP contribution in [0.5, 0.6) is 5.75 Å². The lowest BCUT2D eigenvalue weighted by atomic mass is 10.1. The molecule has 0 heterocycles. The van der Waals surface area contributed by atoms with E-state index in [0.717, 1.165) is 38.1 Å². The zero-order chi connectivity index (χ0) is 11.8. The first-order valence-electron chi connectivity index (χ1n) is 5.72. The molecule has 3 heteroatoms. The van der Waals surface area contributed by atoms with Crippen molar-refractivity contribution in [2.24, 2.45) is 0 Å². The second kappa shape index (κ2) is 7.25. The number of ether oxygens (including phenoxy) is 1. The zero-order valence-electron chi connectivity index (χ0n) is 10.1. The van der Waals surface area contributed by atoms with Gasteiger partial charge in [0.2, 0.25) is 0 Å². The Hall–Kier alpha value is -1.06. The summed E-state index contributed by atoms with van der Waals surface area (Å²) < 4.78 is 4.97. The van der Waals surface area contributed by atoms with Crippen molar-refractivity contribution in [2.45, 2.75) is 26.3 Å². The molecule has 0 bridgehead atoms. The van der Waals surface area contributed by atoms with Crippen molar-refractivity contribution in [3.8, 4) is 5.75 Å². The Kier molecular flexibility index (Phi) is 5.90. The van der Waals surface area contributed by atoms with Gasteiger partial charge in [-0.3, -0.25) is 0 Å². The number of benzene rings is 1. The van der Waals surface area contributed by atoms with E-state index in [0.29, 0.717) is 5.75 Å². The molecule has 1 aromatic rings. The number of hydrogen-bond acceptors (Lipinski definition) is 3. The van der Waals surface area contributed by atoms with Crippen LogP contribution in [-0.2, 0) is 11.3 Å². The molecule has 0 aliphatic heterocycles. The zero-order valence-corrected chi connectivity index (χ0v) is 10.1. The Bertz CT molecular complexity index is 313. The van der Waals surface area contributed by atoms with Crippen molar-refractivity contribution in [1.29, 1.82) is 0 Å². The molecule has 90 valence electrons. The van der Waals surface area contributed by atoms with Gasteiger partial charge in [-0.2, -0.15) is 0 Å². The molecule has 0 unspecified atom stereocenters. The van der Waals surface area contributed by atoms with Crippen LogP contribution in [0.15, 0.2) is 18.2 Å². The van der Waals surface area contributed by atoms with Crippen LogP contribution in [0, 0.1) is 6.92 Å². The number of unbranched alkanes of at least 4 members (excludes halogenated alkanes) is 1. The SMILES string of the molecule is COCCCCNCc1cc(C)ccc1O. The van der Waals surface area contributed by atoms with E-state index in [1.807, 2.05) is 19.1 Å². The van der Waals surface area contributed by atoms with E-state index in [2.05, 4.69) is 5.32 Å². The van der Waals surface area contributed by atoms with Gasteiger partial charge in [-0.05, 0) is 32.4 Å². The van der Waals surface area contributed by atoms with Gasteiger partial charge in [0, 0.05) is 25.8 Å². The number of hydrogen-bond donors (Lipinski definition) is 2. The molecule has 3 nitrogen and oxygen atoms in total. The smallest absolute Gasteiger partial charge is 0.120 e. The number of aromatic hydroxyl groups is 1. The molecular weight excluding hydrogens is 202 g/mol. The lowest BCUT2D eigenvalue weighted by Crippen LogP contribution is -2.15. The third kappa shape index (κ3) is 4.64. The molecule has 0 radical (unpaired) electrons. The predicted octanol–water partition coefficient (Wildman–Crippen LogP) is 2.22. The Morgan fingerprint density at radius 2 is 2.12 bits per heavy atom. The van der Waals surface area contributed by atoms with Crippen molar-refractivity contribution in [3.05, 3.63) is 29.3 Å². The summed E-state index contributed by atoms with van der Waals surface area (Å²) in [6, 6.07) is 5.67. The average molecular weight is 223 g/mol. The van der Waals surface area contributed by atoms with Crippen LogP contribution in [0.1, 0.15) is 24.0 Å². The van der Waals surface area contributed by atoms with Gasteiger partial charge in [0.05, 0.1) is 0 Å². The Balaban J connectivity index is 2.23. The molecule has 16 heavy (non-hydrogen) atoms. The standard InChI is InChI=1S/C13H21NO2/c1-11-5-6-13(15)12(9-11)10-14-7-3-4-8-16-2/h5-6,9,14-15H,3-4,7-8,10H2,1-2H3. The largest absolute Gasteiger partial charge is 0.508 e. The van der Waals surface area contributed by atoms with Crippen molar-refractivity contribution < 1.29 is 9.84 Å². The lowest BCUT2D eigenvalue weighted by molar-refractivity contribution is 0.192. The van der Waals surface area contributed by atoms with Crippen LogP contribution < -0.4 is 5.32 Å². The highest BCUT2D eigenvalue weighted by molar-refractivity contribution is 5.35. The fourth-order valence-corrected chi connectivity index (χ4v) is 1.58. The van der Waals surface area contributed by atoms with E-state index in [-0.39, 0.29) is 0 Å². The number of rotatable bonds is 7. The highest BCUT2D eigenvalue weighted by atomic mass is 16.5. The normalized spacial score (nSPS) is 10.6. The first-order valence-corrected chi connectivity index (χ1v) is 5.72. The molecule has 0 aliphatic carbocycles. The highest BCUT2D eigenvalue weighted by Crippen LogP contribution is 2.17. The molecule has 1 rings (SSSR count). The van der Waals surface area contributed by atoms with E-state index < -0.39 is 0 Å². The molecule has 0 amide bonds. The predicted molar refractivity (Wildman–Crippen MR) is 65.7 cm³/mol. The van der Waals surface area contributed by atoms with Gasteiger partial charge in [0.15, 0.2) is 0 Å². The van der Waals surface area contributed by atoms with Gasteiger partial charge in [-0.15, -0.1) is 0 Å². The number of phenolic OH excluding ortho intramolecular Hbond substituents is 1. The van der Waals surface area contributed by atoms with E-state index in [1.165, 1.54) is 5.56 Å². The van der Waals surface area contributed by atoms with Gasteiger partial charge in [-0.25, -0.2) is 0 Å². The summed E-state index contributed by atoms with van der Waals surface area (Å²) in [5, 5.41) is 12.9. The fourth-order valence-electron chi connectivity index (χ4n) is 1.58. The van der Waals surface area contributed by atoms with Crippen molar-refractivity contribution in [1.82, 2.24) is 5.32 Å². The maximum atomic E-state index is 9.62. The molecule has 0 atom stereocenters. The minimum absolute atomic E-state index is 0.370. The maximum absolute atomic E-state index is 9.62. The van der Waals surface area contributed by atoms with Gasteiger partial charge >= 0.3 is 0 Å². The minimum Gasteiger partial charge on any atom is -0.508 e. The Morgan fingerprint density at radius 1 is 1.31 bits per heavy atom. The van der Waals surface area contributed by atoms with Crippen molar-refractivity contribution in [2.75, 3.05) is 20.3 Å². The van der Waals surface area contributed by atoms with Crippen LogP contribution >= 0.6 is 0 Å². The number of aryl methyl sites for hydroxylation is 1. The molecule has 0 fully saturated rings. The van der Waals surface area contributed by atoms with Crippen LogP contribution in [0.2, 0.25) is 0 Å². The molecule has 0 saturated carbocycles. The molecule has 0 aromatic heterocycles. The third-order valence-corrected chi connectivity index (χ3v) is 2.50. The van der Waals surface area contributed by atoms with Crippen LogP contribution in [0.4, 0.5) is 0 Å². The summed E-state index contributed by atoms with van der Waals surface area (Å²) in [6.45, 7) is 4.52. The molecule has 0 aliphatic rings. The first-order chi connectivity index (χ1) is 7.74. The van der Waals surface area contributed by atoms with Crippen LogP contribution in [0.3, 0.4) is 0 Å². The summed E-state index contributed by atoms with van der Waals surface area (Å²) in [5.74, 6) is 0.370. The molecule has 0 spiro atoms. The summed E-state index contributed by atoms with van der Waals surface area (Å²) in [5.41, 5.74) is 2.14. The summed E-state index contributed by atoms with van der Waals surface area (Å²) in [7, 11) is 1.72. The van der Waals surface area contributed by atoms with Crippen LogP contribution in [0.25, 0.3) is 0 Å². The summed E-state index contributed by atoms with van der Waals surface area (Å²) in [4.78, 5) is 0. The topological polar surface area (TPSA) is 41.5 Å². The summed E-state index contributed by atoms with van der Waals surface area (Å²) >= 11 is 0. The minimum atomic E-state index is 0.370. The van der Waals surface area contributed by atoms with Crippen molar-refractivity contribution in [3.63, 3.8) is 0 Å². The van der Waals surface area contributed by atoms with Crippen LogP contribution in [-0.4, -0.2) is 25.4 Å². The highest BCUT2D eigenvalue weighted by Gasteiger charge is 2.00. The monoisotopic (exact) mass is 223 g/mol. The van der Waals surface area contributed by atoms with Gasteiger partial charge in [0.25, 0.3) is 0 Å². The second-order valence-corrected chi connectivity index (χ2v) is 4.01. The first kappa shape index (κ1) is 13.0. The number of phenols is 1. The molecular formula is C13H21NO2. The molecule has 1 aromatic carbocycles. The Morgan fingerprint density at radius 3 is 2.88 bits per heavy atom. The molecule has 0 saturated heterocycles. The van der Waals surface area contributed by atoms with Gasteiger partial charge in [0.1, 0.15) is 5.75 Å². The second-order valence-electron chi connectivity index (χ2n) is 4.01. The van der Waals surface area contributed by atoms with Gasteiger partial charge < -0.3 is 15.2 Å².